The Morgan fingerprint density at radius 3 is 1.24 bits per heavy atom. The maximum Gasteiger partial charge on any atom is 0.345 e. The van der Waals surface area contributed by atoms with Crippen molar-refractivity contribution in [3.63, 3.8) is 0 Å². The van der Waals surface area contributed by atoms with Crippen molar-refractivity contribution in [1.82, 2.24) is 0 Å². The molecule has 2 N–H and O–H groups in total. The van der Waals surface area contributed by atoms with Crippen LogP contribution in [0.4, 0.5) is 11.4 Å². The second-order valence-electron chi connectivity index (χ2n) is 8.99. The van der Waals surface area contributed by atoms with E-state index in [9.17, 15) is 19.2 Å². The third kappa shape index (κ3) is 6.75. The predicted molar refractivity (Wildman–Crippen MR) is 158 cm³/mol. The first kappa shape index (κ1) is 27.5. The first-order valence-electron chi connectivity index (χ1n) is 12.9. The largest absolute Gasteiger partial charge is 0.423 e. The number of esters is 2. The average molecular weight is 557 g/mol. The van der Waals surface area contributed by atoms with Crippen LogP contribution >= 0.6 is 0 Å². The van der Waals surface area contributed by atoms with E-state index in [2.05, 4.69) is 10.6 Å². The molecular formula is C34H24N2O6. The van der Waals surface area contributed by atoms with Gasteiger partial charge in [0.1, 0.15) is 11.5 Å². The Labute approximate surface area is 241 Å². The zero-order valence-electron chi connectivity index (χ0n) is 22.2. The minimum atomic E-state index is -0.712. The van der Waals surface area contributed by atoms with E-state index in [1.54, 1.807) is 103 Å². The third-order valence-electron chi connectivity index (χ3n) is 6.09. The van der Waals surface area contributed by atoms with Crippen molar-refractivity contribution in [3.8, 4) is 11.5 Å². The molecule has 42 heavy (non-hydrogen) atoms. The molecule has 8 heteroatoms. The van der Waals surface area contributed by atoms with E-state index >= 15 is 0 Å². The Bertz CT molecular complexity index is 1630. The molecule has 5 aromatic carbocycles. The number of nitrogens with one attached hydrogen (secondary N) is 2. The Morgan fingerprint density at radius 2 is 0.810 bits per heavy atom. The molecule has 0 aromatic heterocycles. The van der Waals surface area contributed by atoms with Gasteiger partial charge >= 0.3 is 11.9 Å². The molecule has 0 bridgehead atoms. The van der Waals surface area contributed by atoms with Crippen LogP contribution in [-0.2, 0) is 0 Å². The molecular weight excluding hydrogens is 532 g/mol. The molecule has 0 spiro atoms. The highest BCUT2D eigenvalue weighted by atomic mass is 16.5. The maximum absolute atomic E-state index is 13.1. The summed E-state index contributed by atoms with van der Waals surface area (Å²) in [6, 6.07) is 36.2. The molecule has 206 valence electrons. The molecule has 0 heterocycles. The number of benzene rings is 5. The van der Waals surface area contributed by atoms with Gasteiger partial charge in [-0.1, -0.05) is 66.7 Å². The van der Waals surface area contributed by atoms with Crippen LogP contribution in [0.25, 0.3) is 0 Å². The first-order valence-corrected chi connectivity index (χ1v) is 12.9. The van der Waals surface area contributed by atoms with Crippen LogP contribution in [0.3, 0.4) is 0 Å². The number of carbonyl (C=O) groups is 4. The van der Waals surface area contributed by atoms with Crippen molar-refractivity contribution >= 4 is 35.1 Å². The molecule has 0 saturated carbocycles. The van der Waals surface area contributed by atoms with Gasteiger partial charge in [0.2, 0.25) is 0 Å². The minimum absolute atomic E-state index is 0.125. The van der Waals surface area contributed by atoms with E-state index < -0.39 is 11.9 Å². The number of para-hydroxylation sites is 2. The Hall–Kier alpha value is -6.02. The Kier molecular flexibility index (Phi) is 8.45. The molecule has 5 rings (SSSR count). The zero-order chi connectivity index (χ0) is 29.3. The molecule has 0 aliphatic heterocycles. The fraction of sp³-hybridized carbons (Fsp3) is 0. The Balaban J connectivity index is 1.28. The van der Waals surface area contributed by atoms with Crippen molar-refractivity contribution in [2.75, 3.05) is 10.6 Å². The van der Waals surface area contributed by atoms with Crippen LogP contribution < -0.4 is 20.1 Å². The molecule has 0 saturated heterocycles. The quantitative estimate of drug-likeness (QED) is 0.164. The Morgan fingerprint density at radius 1 is 0.429 bits per heavy atom. The second-order valence-corrected chi connectivity index (χ2v) is 8.99. The van der Waals surface area contributed by atoms with Crippen LogP contribution in [0.1, 0.15) is 41.4 Å². The zero-order valence-corrected chi connectivity index (χ0v) is 22.2. The van der Waals surface area contributed by atoms with E-state index in [0.29, 0.717) is 11.1 Å². The van der Waals surface area contributed by atoms with Gasteiger partial charge in [-0.15, -0.1) is 0 Å². The predicted octanol–water partition coefficient (Wildman–Crippen LogP) is 6.63. The highest BCUT2D eigenvalue weighted by Gasteiger charge is 2.18. The summed E-state index contributed by atoms with van der Waals surface area (Å²) >= 11 is 0. The van der Waals surface area contributed by atoms with Crippen LogP contribution in [0, 0.1) is 0 Å². The lowest BCUT2D eigenvalue weighted by atomic mass is 10.1. The number of rotatable bonds is 8. The van der Waals surface area contributed by atoms with Gasteiger partial charge in [-0.25, -0.2) is 9.59 Å². The second kappa shape index (κ2) is 12.9. The number of anilines is 2. The lowest BCUT2D eigenvalue weighted by Gasteiger charge is -2.12. The summed E-state index contributed by atoms with van der Waals surface area (Å²) in [5.74, 6) is -1.91. The highest BCUT2D eigenvalue weighted by molar-refractivity contribution is 6.09. The van der Waals surface area contributed by atoms with Gasteiger partial charge in [-0.05, 0) is 60.7 Å². The van der Waals surface area contributed by atoms with Crippen molar-refractivity contribution in [2.24, 2.45) is 0 Å². The van der Waals surface area contributed by atoms with Crippen molar-refractivity contribution < 1.29 is 28.7 Å². The van der Waals surface area contributed by atoms with Gasteiger partial charge in [-0.2, -0.15) is 0 Å². The number of hydrogen-bond donors (Lipinski definition) is 2. The maximum atomic E-state index is 13.1. The smallest absolute Gasteiger partial charge is 0.345 e. The molecule has 8 nitrogen and oxygen atoms in total. The molecule has 0 aliphatic carbocycles. The molecule has 0 radical (unpaired) electrons. The van der Waals surface area contributed by atoms with E-state index in [4.69, 9.17) is 9.47 Å². The van der Waals surface area contributed by atoms with Crippen molar-refractivity contribution in [1.29, 1.82) is 0 Å². The number of carbonyl (C=O) groups excluding carboxylic acids is 4. The fourth-order valence-electron chi connectivity index (χ4n) is 4.03. The van der Waals surface area contributed by atoms with Crippen LogP contribution in [0.5, 0.6) is 11.5 Å². The summed E-state index contributed by atoms with van der Waals surface area (Å²) in [6.45, 7) is 0. The first-order chi connectivity index (χ1) is 20.5. The standard InChI is InChI=1S/C34H24N2O6/c37-31(23-12-3-1-4-13-23)35-29-20-9-7-18-27(29)33(39)41-25-16-11-17-26(22-25)42-34(40)28-19-8-10-21-30(28)36-32(38)24-14-5-2-6-15-24/h1-22H,(H,35,37)(H,36,38). The molecule has 0 aliphatic rings. The molecule has 0 unspecified atom stereocenters. The van der Waals surface area contributed by atoms with Gasteiger partial charge in [0, 0.05) is 17.2 Å². The van der Waals surface area contributed by atoms with Gasteiger partial charge in [0.25, 0.3) is 11.8 Å². The van der Waals surface area contributed by atoms with Gasteiger partial charge in [0.05, 0.1) is 22.5 Å². The number of amides is 2. The molecule has 0 atom stereocenters. The summed E-state index contributed by atoms with van der Waals surface area (Å²) in [6.07, 6.45) is 0. The van der Waals surface area contributed by atoms with Crippen LogP contribution in [-0.4, -0.2) is 23.8 Å². The highest BCUT2D eigenvalue weighted by Crippen LogP contribution is 2.25. The minimum Gasteiger partial charge on any atom is -0.423 e. The van der Waals surface area contributed by atoms with Gasteiger partial charge in [-0.3, -0.25) is 9.59 Å². The SMILES string of the molecule is O=C(Nc1ccccc1C(=O)Oc1cccc(OC(=O)c2ccccc2NC(=O)c2ccccc2)c1)c1ccccc1. The molecule has 2 amide bonds. The van der Waals surface area contributed by atoms with Crippen LogP contribution in [0.2, 0.25) is 0 Å². The number of hydrogen-bond acceptors (Lipinski definition) is 6. The summed E-state index contributed by atoms with van der Waals surface area (Å²) in [5.41, 5.74) is 1.74. The van der Waals surface area contributed by atoms with Gasteiger partial charge in [0.15, 0.2) is 0 Å². The summed E-state index contributed by atoms with van der Waals surface area (Å²) in [5, 5.41) is 5.48. The monoisotopic (exact) mass is 556 g/mol. The van der Waals surface area contributed by atoms with E-state index in [0.717, 1.165) is 0 Å². The third-order valence-corrected chi connectivity index (χ3v) is 6.09. The average Bonchev–Trinajstić information content (AvgIpc) is 3.02. The van der Waals surface area contributed by atoms with Crippen LogP contribution in [0.15, 0.2) is 133 Å². The topological polar surface area (TPSA) is 111 Å². The van der Waals surface area contributed by atoms with Crippen molar-refractivity contribution in [2.45, 2.75) is 0 Å². The molecule has 0 fully saturated rings. The van der Waals surface area contributed by atoms with E-state index in [1.165, 1.54) is 30.3 Å². The summed E-state index contributed by atoms with van der Waals surface area (Å²) in [7, 11) is 0. The lowest BCUT2D eigenvalue weighted by molar-refractivity contribution is 0.0734. The van der Waals surface area contributed by atoms with E-state index in [1.807, 2.05) is 0 Å². The summed E-state index contributed by atoms with van der Waals surface area (Å²) < 4.78 is 11.1. The molecule has 5 aromatic rings. The normalized spacial score (nSPS) is 10.3. The van der Waals surface area contributed by atoms with Gasteiger partial charge < -0.3 is 20.1 Å². The summed E-state index contributed by atoms with van der Waals surface area (Å²) in [4.78, 5) is 51.4. The van der Waals surface area contributed by atoms with Crippen molar-refractivity contribution in [3.05, 3.63) is 156 Å². The fourth-order valence-corrected chi connectivity index (χ4v) is 4.03. The number of ether oxygens (including phenoxy) is 2. The van der Waals surface area contributed by atoms with E-state index in [-0.39, 0.29) is 45.8 Å². The lowest BCUT2D eigenvalue weighted by Crippen LogP contribution is -2.17.